The van der Waals surface area contributed by atoms with Crippen LogP contribution in [0, 0.1) is 5.92 Å². The normalized spacial score (nSPS) is 17.6. The maximum absolute atomic E-state index is 11.5. The van der Waals surface area contributed by atoms with E-state index in [0.29, 0.717) is 48.6 Å². The Morgan fingerprint density at radius 1 is 1.16 bits per heavy atom. The fraction of sp³-hybridized carbons (Fsp3) is 0.370. The van der Waals surface area contributed by atoms with E-state index in [0.717, 1.165) is 24.2 Å². The average molecular weight is 515 g/mol. The van der Waals surface area contributed by atoms with Crippen LogP contribution in [0.15, 0.2) is 53.7 Å². The molecule has 0 radical (unpaired) electrons. The third-order valence-corrected chi connectivity index (χ3v) is 6.72. The van der Waals surface area contributed by atoms with E-state index >= 15 is 0 Å². The number of aliphatic carboxylic acids is 1. The van der Waals surface area contributed by atoms with Crippen molar-refractivity contribution in [2.24, 2.45) is 18.0 Å². The zero-order valence-corrected chi connectivity index (χ0v) is 21.4. The summed E-state index contributed by atoms with van der Waals surface area (Å²) < 4.78 is 9.69. The van der Waals surface area contributed by atoms with Gasteiger partial charge in [-0.3, -0.25) is 9.79 Å². The first-order chi connectivity index (χ1) is 18.5. The summed E-state index contributed by atoms with van der Waals surface area (Å²) in [5, 5.41) is 26.6. The van der Waals surface area contributed by atoms with Gasteiger partial charge in [0, 0.05) is 26.7 Å². The molecule has 1 saturated carbocycles. The number of hydrogen-bond donors (Lipinski definition) is 1. The minimum Gasteiger partial charge on any atom is -0.488 e. The molecule has 1 aromatic carbocycles. The van der Waals surface area contributed by atoms with Crippen molar-refractivity contribution in [2.45, 2.75) is 44.8 Å². The van der Waals surface area contributed by atoms with Crippen LogP contribution in [0.5, 0.6) is 5.75 Å². The van der Waals surface area contributed by atoms with E-state index in [2.05, 4.69) is 37.7 Å². The lowest BCUT2D eigenvalue weighted by Gasteiger charge is -2.27. The summed E-state index contributed by atoms with van der Waals surface area (Å²) >= 11 is 0. The number of benzene rings is 1. The molecule has 196 valence electrons. The average Bonchev–Trinajstić information content (AvgIpc) is 3.52. The summed E-state index contributed by atoms with van der Waals surface area (Å²) in [4.78, 5) is 20.4. The number of pyridine rings is 1. The lowest BCUT2D eigenvalue weighted by atomic mass is 9.87. The van der Waals surface area contributed by atoms with E-state index in [4.69, 9.17) is 9.72 Å². The van der Waals surface area contributed by atoms with Crippen molar-refractivity contribution in [1.82, 2.24) is 35.0 Å². The van der Waals surface area contributed by atoms with Gasteiger partial charge in [-0.25, -0.2) is 14.3 Å². The highest BCUT2D eigenvalue weighted by Gasteiger charge is 2.29. The molecule has 3 aromatic heterocycles. The third kappa shape index (κ3) is 5.77. The van der Waals surface area contributed by atoms with Gasteiger partial charge in [0.15, 0.2) is 0 Å². The van der Waals surface area contributed by atoms with Crippen molar-refractivity contribution in [3.8, 4) is 17.1 Å². The first-order valence-corrected chi connectivity index (χ1v) is 12.6. The van der Waals surface area contributed by atoms with Crippen molar-refractivity contribution in [1.29, 1.82) is 0 Å². The molecule has 0 saturated heterocycles. The second-order valence-electron chi connectivity index (χ2n) is 9.49. The first-order valence-electron chi connectivity index (χ1n) is 12.6. The Morgan fingerprint density at radius 2 is 2.00 bits per heavy atom. The molecule has 1 N–H and O–H groups in total. The van der Waals surface area contributed by atoms with Gasteiger partial charge >= 0.3 is 5.97 Å². The molecule has 2 atom stereocenters. The zero-order chi connectivity index (χ0) is 26.5. The molecule has 0 amide bonds. The Bertz CT molecular complexity index is 1430. The molecular weight excluding hydrogens is 484 g/mol. The number of aryl methyl sites for hydroxylation is 1. The SMILES string of the molecule is C/N=C\c1nc(-c2nnn(C)c2Cn2cc(Cc3ccccc3)nn2)ccc1O[C@H]1CCC[C@H](C(=O)O)C1. The predicted molar refractivity (Wildman–Crippen MR) is 140 cm³/mol. The van der Waals surface area contributed by atoms with E-state index in [1.54, 1.807) is 22.6 Å². The Morgan fingerprint density at radius 3 is 2.79 bits per heavy atom. The Hall–Kier alpha value is -4.41. The number of nitrogens with zero attached hydrogens (tertiary/aromatic N) is 8. The summed E-state index contributed by atoms with van der Waals surface area (Å²) in [7, 11) is 3.51. The number of aliphatic imine (C=N–C) groups is 1. The number of carboxylic acids is 1. The van der Waals surface area contributed by atoms with Crippen LogP contribution in [-0.4, -0.2) is 65.4 Å². The summed E-state index contributed by atoms with van der Waals surface area (Å²) in [5.41, 5.74) is 4.70. The molecule has 3 heterocycles. The highest BCUT2D eigenvalue weighted by molar-refractivity contribution is 5.82. The van der Waals surface area contributed by atoms with Gasteiger partial charge in [-0.15, -0.1) is 10.2 Å². The smallest absolute Gasteiger partial charge is 0.306 e. The van der Waals surface area contributed by atoms with Crippen molar-refractivity contribution >= 4 is 12.2 Å². The molecule has 1 fully saturated rings. The highest BCUT2D eigenvalue weighted by atomic mass is 16.5. The second kappa shape index (κ2) is 11.3. The lowest BCUT2D eigenvalue weighted by molar-refractivity contribution is -0.143. The Labute approximate surface area is 220 Å². The molecule has 0 aliphatic heterocycles. The van der Waals surface area contributed by atoms with Gasteiger partial charge in [-0.1, -0.05) is 40.8 Å². The van der Waals surface area contributed by atoms with Crippen LogP contribution in [0.25, 0.3) is 11.4 Å². The second-order valence-corrected chi connectivity index (χ2v) is 9.49. The third-order valence-electron chi connectivity index (χ3n) is 6.72. The minimum atomic E-state index is -0.767. The highest BCUT2D eigenvalue weighted by Crippen LogP contribution is 2.30. The van der Waals surface area contributed by atoms with Crippen molar-refractivity contribution in [3.05, 3.63) is 71.3 Å². The van der Waals surface area contributed by atoms with Crippen LogP contribution in [0.4, 0.5) is 0 Å². The summed E-state index contributed by atoms with van der Waals surface area (Å²) in [6, 6.07) is 13.8. The van der Waals surface area contributed by atoms with E-state index < -0.39 is 5.97 Å². The summed E-state index contributed by atoms with van der Waals surface area (Å²) in [5.74, 6) is -0.573. The Balaban J connectivity index is 1.36. The molecule has 0 spiro atoms. The van der Waals surface area contributed by atoms with Gasteiger partial charge in [0.1, 0.15) is 17.1 Å². The van der Waals surface area contributed by atoms with Crippen LogP contribution in [0.2, 0.25) is 0 Å². The van der Waals surface area contributed by atoms with E-state index in [9.17, 15) is 9.90 Å². The maximum Gasteiger partial charge on any atom is 0.306 e. The van der Waals surface area contributed by atoms with Crippen LogP contribution in [0.1, 0.15) is 48.3 Å². The lowest BCUT2D eigenvalue weighted by Crippen LogP contribution is -2.29. The molecule has 4 aromatic rings. The molecule has 5 rings (SSSR count). The molecule has 1 aliphatic carbocycles. The van der Waals surface area contributed by atoms with Crippen LogP contribution in [0.3, 0.4) is 0 Å². The zero-order valence-electron chi connectivity index (χ0n) is 21.4. The minimum absolute atomic E-state index is 0.175. The van der Waals surface area contributed by atoms with Gasteiger partial charge in [0.2, 0.25) is 0 Å². The molecule has 11 heteroatoms. The maximum atomic E-state index is 11.5. The van der Waals surface area contributed by atoms with Crippen LogP contribution < -0.4 is 4.74 Å². The first kappa shape index (κ1) is 25.2. The Kier molecular flexibility index (Phi) is 7.52. The topological polar surface area (TPSA) is 133 Å². The van der Waals surface area contributed by atoms with Gasteiger partial charge in [-0.05, 0) is 43.4 Å². The van der Waals surface area contributed by atoms with Gasteiger partial charge < -0.3 is 9.84 Å². The van der Waals surface area contributed by atoms with Crippen molar-refractivity contribution < 1.29 is 14.6 Å². The van der Waals surface area contributed by atoms with Crippen LogP contribution in [-0.2, 0) is 24.8 Å². The quantitative estimate of drug-likeness (QED) is 0.337. The molecule has 0 bridgehead atoms. The van der Waals surface area contributed by atoms with Crippen molar-refractivity contribution in [2.75, 3.05) is 7.05 Å². The van der Waals surface area contributed by atoms with E-state index in [-0.39, 0.29) is 12.0 Å². The fourth-order valence-electron chi connectivity index (χ4n) is 4.77. The molecular formula is C27H30N8O3. The van der Waals surface area contributed by atoms with E-state index in [1.165, 1.54) is 5.56 Å². The molecule has 1 aliphatic rings. The van der Waals surface area contributed by atoms with E-state index in [1.807, 2.05) is 43.6 Å². The molecule has 11 nitrogen and oxygen atoms in total. The van der Waals surface area contributed by atoms with Gasteiger partial charge in [0.05, 0.1) is 41.9 Å². The number of hydrogen-bond acceptors (Lipinski definition) is 8. The molecule has 38 heavy (non-hydrogen) atoms. The molecule has 0 unspecified atom stereocenters. The standard InChI is InChI=1S/C27H30N8O3/c1-28-15-23-25(38-21-10-6-9-19(14-21)27(36)37)12-11-22(29-23)26-24(34(2)32-31-26)17-35-16-20(30-33-35)13-18-7-4-3-5-8-18/h3-5,7-8,11-12,15-16,19,21H,6,9-10,13-14,17H2,1-2H3,(H,36,37)/b28-15-/t19-,21-/m0/s1. The number of ether oxygens (including phenoxy) is 1. The number of carboxylic acid groups (broad SMARTS) is 1. The summed E-state index contributed by atoms with van der Waals surface area (Å²) in [6.07, 6.45) is 6.90. The monoisotopic (exact) mass is 514 g/mol. The largest absolute Gasteiger partial charge is 0.488 e. The number of aromatic nitrogens is 7. The number of rotatable bonds is 9. The summed E-state index contributed by atoms with van der Waals surface area (Å²) in [6.45, 7) is 0.427. The van der Waals surface area contributed by atoms with Gasteiger partial charge in [-0.2, -0.15) is 0 Å². The fourth-order valence-corrected chi connectivity index (χ4v) is 4.77. The number of carbonyl (C=O) groups is 1. The van der Waals surface area contributed by atoms with Gasteiger partial charge in [0.25, 0.3) is 0 Å². The predicted octanol–water partition coefficient (Wildman–Crippen LogP) is 3.18. The van der Waals surface area contributed by atoms with Crippen LogP contribution >= 0.6 is 0 Å². The van der Waals surface area contributed by atoms with Crippen molar-refractivity contribution in [3.63, 3.8) is 0 Å².